The van der Waals surface area contributed by atoms with Crippen molar-refractivity contribution in [3.8, 4) is 0 Å². The Balaban J connectivity index is 4.26. The SMILES string of the molecule is C=P(CC)(OC)OC/C(C)=C/C=C(\C)CO. The lowest BCUT2D eigenvalue weighted by Crippen LogP contribution is -1.98. The third-order valence-electron chi connectivity index (χ3n) is 2.24. The van der Waals surface area contributed by atoms with E-state index in [0.29, 0.717) is 6.61 Å². The Hall–Kier alpha value is -0.340. The van der Waals surface area contributed by atoms with Gasteiger partial charge in [-0.1, -0.05) is 25.4 Å². The summed E-state index contributed by atoms with van der Waals surface area (Å²) in [6, 6.07) is 0. The minimum absolute atomic E-state index is 0.0872. The molecule has 16 heavy (non-hydrogen) atoms. The highest BCUT2D eigenvalue weighted by Gasteiger charge is 2.10. The summed E-state index contributed by atoms with van der Waals surface area (Å²) >= 11 is 0. The van der Waals surface area contributed by atoms with Crippen molar-refractivity contribution in [3.05, 3.63) is 23.3 Å². The summed E-state index contributed by atoms with van der Waals surface area (Å²) < 4.78 is 11.0. The maximum Gasteiger partial charge on any atom is 0.117 e. The van der Waals surface area contributed by atoms with Gasteiger partial charge in [-0.3, -0.25) is 0 Å². The molecule has 0 aliphatic carbocycles. The van der Waals surface area contributed by atoms with Gasteiger partial charge in [0.2, 0.25) is 0 Å². The molecule has 0 spiro atoms. The van der Waals surface area contributed by atoms with Crippen molar-refractivity contribution in [1.29, 1.82) is 0 Å². The number of aliphatic hydroxyl groups is 1. The van der Waals surface area contributed by atoms with Crippen LogP contribution in [0.4, 0.5) is 0 Å². The lowest BCUT2D eigenvalue weighted by molar-refractivity contribution is 0.302. The maximum atomic E-state index is 8.83. The van der Waals surface area contributed by atoms with Gasteiger partial charge >= 0.3 is 0 Å². The van der Waals surface area contributed by atoms with Crippen molar-refractivity contribution in [2.75, 3.05) is 26.5 Å². The number of rotatable bonds is 7. The van der Waals surface area contributed by atoms with Gasteiger partial charge in [-0.15, -0.1) is 0 Å². The van der Waals surface area contributed by atoms with Gasteiger partial charge in [0.15, 0.2) is 0 Å². The first kappa shape index (κ1) is 15.7. The van der Waals surface area contributed by atoms with E-state index in [1.54, 1.807) is 7.11 Å². The van der Waals surface area contributed by atoms with Gasteiger partial charge in [0, 0.05) is 13.3 Å². The van der Waals surface area contributed by atoms with Gasteiger partial charge in [0.25, 0.3) is 0 Å². The molecule has 0 rings (SSSR count). The van der Waals surface area contributed by atoms with E-state index < -0.39 is 7.34 Å². The van der Waals surface area contributed by atoms with Crippen LogP contribution in [0.15, 0.2) is 23.3 Å². The summed E-state index contributed by atoms with van der Waals surface area (Å²) in [4.78, 5) is 0. The molecule has 0 aliphatic heterocycles. The average molecular weight is 246 g/mol. The van der Waals surface area contributed by atoms with Crippen LogP contribution in [-0.4, -0.2) is 37.9 Å². The number of hydrogen-bond acceptors (Lipinski definition) is 3. The van der Waals surface area contributed by atoms with Crippen LogP contribution < -0.4 is 0 Å². The zero-order chi connectivity index (χ0) is 12.6. The normalized spacial score (nSPS) is 17.3. The molecule has 0 aromatic rings. The monoisotopic (exact) mass is 246 g/mol. The summed E-state index contributed by atoms with van der Waals surface area (Å²) in [7, 11) is -0.262. The van der Waals surface area contributed by atoms with Crippen LogP contribution in [0.3, 0.4) is 0 Å². The van der Waals surface area contributed by atoms with Gasteiger partial charge in [-0.2, -0.15) is 0 Å². The van der Waals surface area contributed by atoms with Gasteiger partial charge in [0.1, 0.15) is 7.34 Å². The van der Waals surface area contributed by atoms with Crippen molar-refractivity contribution >= 4 is 13.6 Å². The van der Waals surface area contributed by atoms with Crippen molar-refractivity contribution in [3.63, 3.8) is 0 Å². The lowest BCUT2D eigenvalue weighted by Gasteiger charge is -2.20. The van der Waals surface area contributed by atoms with E-state index in [1.165, 1.54) is 0 Å². The first-order chi connectivity index (χ1) is 7.47. The Kier molecular flexibility index (Phi) is 7.69. The Bertz CT molecular complexity index is 297. The van der Waals surface area contributed by atoms with E-state index in [-0.39, 0.29) is 6.61 Å². The topological polar surface area (TPSA) is 38.7 Å². The molecular weight excluding hydrogens is 223 g/mol. The zero-order valence-electron chi connectivity index (χ0n) is 10.7. The van der Waals surface area contributed by atoms with Crippen LogP contribution in [0.1, 0.15) is 20.8 Å². The minimum atomic E-state index is -1.90. The molecule has 0 radical (unpaired) electrons. The Morgan fingerprint density at radius 3 is 2.31 bits per heavy atom. The number of allylic oxidation sites excluding steroid dienone is 2. The zero-order valence-corrected chi connectivity index (χ0v) is 11.6. The van der Waals surface area contributed by atoms with Crippen LogP contribution >= 0.6 is 7.34 Å². The molecule has 3 nitrogen and oxygen atoms in total. The lowest BCUT2D eigenvalue weighted by atomic mass is 10.2. The molecule has 1 unspecified atom stereocenters. The van der Waals surface area contributed by atoms with Crippen molar-refractivity contribution in [1.82, 2.24) is 0 Å². The standard InChI is InChI=1S/C12H23O3P/c1-6-16(5,14-4)15-10-12(3)8-7-11(2)9-13/h7-8,13H,5-6,9-10H2,1-4H3/b11-7+,12-8+. The highest BCUT2D eigenvalue weighted by molar-refractivity contribution is 7.64. The second kappa shape index (κ2) is 7.86. The van der Waals surface area contributed by atoms with Crippen molar-refractivity contribution in [2.45, 2.75) is 20.8 Å². The van der Waals surface area contributed by atoms with E-state index in [4.69, 9.17) is 14.2 Å². The van der Waals surface area contributed by atoms with Crippen LogP contribution in [0, 0.1) is 0 Å². The van der Waals surface area contributed by atoms with E-state index in [9.17, 15) is 0 Å². The largest absolute Gasteiger partial charge is 0.392 e. The van der Waals surface area contributed by atoms with Crippen molar-refractivity contribution < 1.29 is 14.2 Å². The maximum absolute atomic E-state index is 8.83. The van der Waals surface area contributed by atoms with Crippen LogP contribution in [0.2, 0.25) is 0 Å². The fourth-order valence-electron chi connectivity index (χ4n) is 0.878. The quantitative estimate of drug-likeness (QED) is 0.554. The summed E-state index contributed by atoms with van der Waals surface area (Å²) in [5.74, 6) is 0. The molecule has 4 heteroatoms. The summed E-state index contributed by atoms with van der Waals surface area (Å²) in [6.45, 7) is 6.48. The van der Waals surface area contributed by atoms with Gasteiger partial charge < -0.3 is 14.2 Å². The third-order valence-corrected chi connectivity index (χ3v) is 4.47. The molecule has 0 fully saturated rings. The van der Waals surface area contributed by atoms with Gasteiger partial charge in [-0.25, -0.2) is 0 Å². The average Bonchev–Trinajstić information content (AvgIpc) is 2.32. The van der Waals surface area contributed by atoms with E-state index in [2.05, 4.69) is 6.30 Å². The molecule has 1 N–H and O–H groups in total. The Morgan fingerprint density at radius 2 is 1.88 bits per heavy atom. The van der Waals surface area contributed by atoms with Crippen LogP contribution in [-0.2, 0) is 9.05 Å². The highest BCUT2D eigenvalue weighted by atomic mass is 31.2. The first-order valence-electron chi connectivity index (χ1n) is 5.34. The Labute approximate surface area is 98.9 Å². The van der Waals surface area contributed by atoms with Gasteiger partial charge in [0.05, 0.1) is 13.2 Å². The number of hydrogen-bond donors (Lipinski definition) is 1. The molecule has 0 amide bonds. The first-order valence-corrected chi connectivity index (χ1v) is 7.33. The fraction of sp³-hybridized carbons (Fsp3) is 0.583. The molecule has 0 aromatic heterocycles. The highest BCUT2D eigenvalue weighted by Crippen LogP contribution is 2.46. The molecule has 0 heterocycles. The second-order valence-electron chi connectivity index (χ2n) is 3.77. The summed E-state index contributed by atoms with van der Waals surface area (Å²) in [5.41, 5.74) is 2.02. The minimum Gasteiger partial charge on any atom is -0.392 e. The molecule has 94 valence electrons. The van der Waals surface area contributed by atoms with Crippen molar-refractivity contribution in [2.24, 2.45) is 0 Å². The summed E-state index contributed by atoms with van der Waals surface area (Å²) in [5, 5.41) is 8.83. The number of aliphatic hydroxyl groups excluding tert-OH is 1. The third kappa shape index (κ3) is 6.29. The molecular formula is C12H23O3P. The van der Waals surface area contributed by atoms with E-state index in [1.807, 2.05) is 32.9 Å². The smallest absolute Gasteiger partial charge is 0.117 e. The molecule has 0 bridgehead atoms. The van der Waals surface area contributed by atoms with Crippen LogP contribution in [0.25, 0.3) is 0 Å². The predicted molar refractivity (Wildman–Crippen MR) is 72.1 cm³/mol. The predicted octanol–water partition coefficient (Wildman–Crippen LogP) is 2.83. The molecule has 0 saturated heterocycles. The van der Waals surface area contributed by atoms with Crippen LogP contribution in [0.5, 0.6) is 0 Å². The molecule has 0 aromatic carbocycles. The van der Waals surface area contributed by atoms with E-state index in [0.717, 1.165) is 17.3 Å². The summed E-state index contributed by atoms with van der Waals surface area (Å²) in [6.07, 6.45) is 8.62. The molecule has 0 saturated carbocycles. The second-order valence-corrected chi connectivity index (χ2v) is 6.66. The molecule has 1 atom stereocenters. The van der Waals surface area contributed by atoms with Gasteiger partial charge in [-0.05, 0) is 25.0 Å². The fourth-order valence-corrected chi connectivity index (χ4v) is 1.86. The van der Waals surface area contributed by atoms with E-state index >= 15 is 0 Å². The molecule has 0 aliphatic rings. The Morgan fingerprint density at radius 1 is 1.31 bits per heavy atom.